The SMILES string of the molecule is CCc1ccc(-c2nc(CC(=O)NC(C)CC)c(C)o2)cc1. The predicted octanol–water partition coefficient (Wildman–Crippen LogP) is 3.67. The van der Waals surface area contributed by atoms with Gasteiger partial charge in [0.1, 0.15) is 5.76 Å². The summed E-state index contributed by atoms with van der Waals surface area (Å²) in [6.45, 7) is 8.01. The van der Waals surface area contributed by atoms with Gasteiger partial charge in [0.25, 0.3) is 0 Å². The molecule has 22 heavy (non-hydrogen) atoms. The van der Waals surface area contributed by atoms with E-state index in [-0.39, 0.29) is 18.4 Å². The Hall–Kier alpha value is -2.10. The molecule has 4 nitrogen and oxygen atoms in total. The van der Waals surface area contributed by atoms with Gasteiger partial charge in [-0.05, 0) is 44.4 Å². The van der Waals surface area contributed by atoms with E-state index in [1.165, 1.54) is 5.56 Å². The molecule has 0 saturated heterocycles. The standard InChI is InChI=1S/C18H24N2O2/c1-5-12(3)19-17(21)11-16-13(4)22-18(20-16)15-9-7-14(6-2)8-10-15/h7-10,12H,5-6,11H2,1-4H3,(H,19,21). The van der Waals surface area contributed by atoms with Crippen LogP contribution in [0.15, 0.2) is 28.7 Å². The molecule has 0 spiro atoms. The molecule has 0 saturated carbocycles. The van der Waals surface area contributed by atoms with Crippen molar-refractivity contribution in [3.63, 3.8) is 0 Å². The first-order valence-electron chi connectivity index (χ1n) is 7.88. The Bertz CT molecular complexity index is 629. The average molecular weight is 300 g/mol. The predicted molar refractivity (Wildman–Crippen MR) is 87.7 cm³/mol. The molecule has 1 aromatic heterocycles. The van der Waals surface area contributed by atoms with E-state index < -0.39 is 0 Å². The van der Waals surface area contributed by atoms with E-state index in [9.17, 15) is 4.79 Å². The molecule has 1 N–H and O–H groups in total. The second kappa shape index (κ2) is 7.25. The third kappa shape index (κ3) is 3.97. The summed E-state index contributed by atoms with van der Waals surface area (Å²) in [5, 5.41) is 2.95. The van der Waals surface area contributed by atoms with Crippen LogP contribution in [0.4, 0.5) is 0 Å². The van der Waals surface area contributed by atoms with Crippen molar-refractivity contribution in [2.75, 3.05) is 0 Å². The van der Waals surface area contributed by atoms with Crippen molar-refractivity contribution in [2.24, 2.45) is 0 Å². The molecule has 2 rings (SSSR count). The molecule has 118 valence electrons. The van der Waals surface area contributed by atoms with Crippen molar-refractivity contribution >= 4 is 5.91 Å². The van der Waals surface area contributed by atoms with E-state index in [1.54, 1.807) is 0 Å². The van der Waals surface area contributed by atoms with Crippen molar-refractivity contribution in [3.05, 3.63) is 41.3 Å². The van der Waals surface area contributed by atoms with Crippen LogP contribution in [-0.4, -0.2) is 16.9 Å². The number of carbonyl (C=O) groups excluding carboxylic acids is 1. The average Bonchev–Trinajstić information content (AvgIpc) is 2.88. The molecule has 1 heterocycles. The summed E-state index contributed by atoms with van der Waals surface area (Å²) in [6, 6.07) is 8.34. The summed E-state index contributed by atoms with van der Waals surface area (Å²) in [7, 11) is 0. The third-order valence-electron chi connectivity index (χ3n) is 3.85. The normalized spacial score (nSPS) is 12.2. The van der Waals surface area contributed by atoms with Gasteiger partial charge in [-0.1, -0.05) is 26.0 Å². The van der Waals surface area contributed by atoms with Gasteiger partial charge in [-0.2, -0.15) is 0 Å². The molecule has 0 aliphatic heterocycles. The summed E-state index contributed by atoms with van der Waals surface area (Å²) in [6.07, 6.45) is 2.18. The number of aromatic nitrogens is 1. The number of benzene rings is 1. The highest BCUT2D eigenvalue weighted by atomic mass is 16.4. The Morgan fingerprint density at radius 1 is 1.27 bits per heavy atom. The van der Waals surface area contributed by atoms with Gasteiger partial charge < -0.3 is 9.73 Å². The first-order valence-corrected chi connectivity index (χ1v) is 7.88. The Morgan fingerprint density at radius 2 is 1.95 bits per heavy atom. The molecule has 0 radical (unpaired) electrons. The Labute approximate surface area is 131 Å². The minimum absolute atomic E-state index is 0.0152. The van der Waals surface area contributed by atoms with Crippen LogP contribution in [0.25, 0.3) is 11.5 Å². The topological polar surface area (TPSA) is 55.1 Å². The maximum absolute atomic E-state index is 12.0. The number of nitrogens with one attached hydrogen (secondary N) is 1. The van der Waals surface area contributed by atoms with Crippen LogP contribution < -0.4 is 5.32 Å². The molecule has 0 aliphatic carbocycles. The lowest BCUT2D eigenvalue weighted by Gasteiger charge is -2.10. The highest BCUT2D eigenvalue weighted by Gasteiger charge is 2.15. The van der Waals surface area contributed by atoms with E-state index in [1.807, 2.05) is 32.9 Å². The lowest BCUT2D eigenvalue weighted by molar-refractivity contribution is -0.121. The Kier molecular flexibility index (Phi) is 5.36. The molecule has 0 fully saturated rings. The van der Waals surface area contributed by atoms with Crippen molar-refractivity contribution < 1.29 is 9.21 Å². The summed E-state index contributed by atoms with van der Waals surface area (Å²) in [5.41, 5.74) is 2.92. The number of nitrogens with zero attached hydrogens (tertiary/aromatic N) is 1. The van der Waals surface area contributed by atoms with Gasteiger partial charge in [-0.25, -0.2) is 4.98 Å². The van der Waals surface area contributed by atoms with E-state index in [2.05, 4.69) is 29.4 Å². The number of hydrogen-bond donors (Lipinski definition) is 1. The molecular formula is C18H24N2O2. The monoisotopic (exact) mass is 300 g/mol. The van der Waals surface area contributed by atoms with Crippen molar-refractivity contribution in [3.8, 4) is 11.5 Å². The summed E-state index contributed by atoms with van der Waals surface area (Å²) < 4.78 is 5.72. The van der Waals surface area contributed by atoms with Crippen LogP contribution in [-0.2, 0) is 17.6 Å². The van der Waals surface area contributed by atoms with Gasteiger partial charge in [0.2, 0.25) is 11.8 Å². The van der Waals surface area contributed by atoms with Crippen LogP contribution in [0.1, 0.15) is 44.2 Å². The number of carbonyl (C=O) groups is 1. The number of rotatable bonds is 6. The number of hydrogen-bond acceptors (Lipinski definition) is 3. The second-order valence-electron chi connectivity index (χ2n) is 5.63. The van der Waals surface area contributed by atoms with E-state index in [4.69, 9.17) is 4.42 Å². The van der Waals surface area contributed by atoms with Crippen LogP contribution in [0, 0.1) is 6.92 Å². The van der Waals surface area contributed by atoms with Gasteiger partial charge >= 0.3 is 0 Å². The minimum Gasteiger partial charge on any atom is -0.441 e. The fraction of sp³-hybridized carbons (Fsp3) is 0.444. The molecule has 2 aromatic rings. The summed E-state index contributed by atoms with van der Waals surface area (Å²) >= 11 is 0. The Balaban J connectivity index is 2.11. The zero-order chi connectivity index (χ0) is 16.1. The third-order valence-corrected chi connectivity index (χ3v) is 3.85. The van der Waals surface area contributed by atoms with Gasteiger partial charge in [-0.3, -0.25) is 4.79 Å². The zero-order valence-electron chi connectivity index (χ0n) is 13.8. The smallest absolute Gasteiger partial charge is 0.226 e. The first-order chi connectivity index (χ1) is 10.5. The largest absolute Gasteiger partial charge is 0.441 e. The van der Waals surface area contributed by atoms with Crippen molar-refractivity contribution in [1.29, 1.82) is 0 Å². The lowest BCUT2D eigenvalue weighted by atomic mass is 10.1. The fourth-order valence-electron chi connectivity index (χ4n) is 2.18. The summed E-state index contributed by atoms with van der Waals surface area (Å²) in [5.74, 6) is 1.26. The highest BCUT2D eigenvalue weighted by Crippen LogP contribution is 2.22. The molecular weight excluding hydrogens is 276 g/mol. The van der Waals surface area contributed by atoms with Gasteiger partial charge in [0, 0.05) is 11.6 Å². The van der Waals surface area contributed by atoms with Gasteiger partial charge in [0.15, 0.2) is 0 Å². The quantitative estimate of drug-likeness (QED) is 0.885. The molecule has 0 bridgehead atoms. The minimum atomic E-state index is -0.0152. The number of amides is 1. The molecule has 0 aliphatic rings. The van der Waals surface area contributed by atoms with Crippen LogP contribution in [0.5, 0.6) is 0 Å². The Morgan fingerprint density at radius 3 is 2.55 bits per heavy atom. The molecule has 1 aromatic carbocycles. The van der Waals surface area contributed by atoms with Crippen LogP contribution in [0.2, 0.25) is 0 Å². The van der Waals surface area contributed by atoms with Crippen molar-refractivity contribution in [1.82, 2.24) is 10.3 Å². The maximum atomic E-state index is 12.0. The molecule has 4 heteroatoms. The molecule has 1 amide bonds. The zero-order valence-corrected chi connectivity index (χ0v) is 13.8. The second-order valence-corrected chi connectivity index (χ2v) is 5.63. The van der Waals surface area contributed by atoms with E-state index in [0.29, 0.717) is 17.3 Å². The van der Waals surface area contributed by atoms with E-state index >= 15 is 0 Å². The van der Waals surface area contributed by atoms with Gasteiger partial charge in [0.05, 0.1) is 12.1 Å². The molecule has 1 atom stereocenters. The lowest BCUT2D eigenvalue weighted by Crippen LogP contribution is -2.33. The summed E-state index contributed by atoms with van der Waals surface area (Å²) in [4.78, 5) is 16.5. The highest BCUT2D eigenvalue weighted by molar-refractivity contribution is 5.78. The fourth-order valence-corrected chi connectivity index (χ4v) is 2.18. The molecule has 1 unspecified atom stereocenters. The van der Waals surface area contributed by atoms with E-state index in [0.717, 1.165) is 18.4 Å². The van der Waals surface area contributed by atoms with Crippen molar-refractivity contribution in [2.45, 2.75) is 53.0 Å². The first kappa shape index (κ1) is 16.3. The van der Waals surface area contributed by atoms with Gasteiger partial charge in [-0.15, -0.1) is 0 Å². The number of aryl methyl sites for hydroxylation is 2. The maximum Gasteiger partial charge on any atom is 0.226 e. The number of oxazole rings is 1. The van der Waals surface area contributed by atoms with Crippen LogP contribution in [0.3, 0.4) is 0 Å². The van der Waals surface area contributed by atoms with Crippen LogP contribution >= 0.6 is 0 Å².